The zero-order valence-corrected chi connectivity index (χ0v) is 15.8. The number of hydrogen-bond donors (Lipinski definition) is 1. The van der Waals surface area contributed by atoms with E-state index < -0.39 is 37.0 Å². The fourth-order valence-electron chi connectivity index (χ4n) is 2.70. The number of nitrogens with one attached hydrogen (secondary N) is 1. The molecule has 1 aromatic heterocycles. The minimum Gasteiger partial charge on any atom is -0.454 e. The molecule has 0 spiro atoms. The number of para-hydroxylation sites is 2. The van der Waals surface area contributed by atoms with Crippen LogP contribution < -0.4 is 5.32 Å². The molecule has 10 heteroatoms. The third kappa shape index (κ3) is 4.68. The van der Waals surface area contributed by atoms with E-state index in [4.69, 9.17) is 16.3 Å². The van der Waals surface area contributed by atoms with Crippen molar-refractivity contribution in [3.63, 3.8) is 0 Å². The van der Waals surface area contributed by atoms with Gasteiger partial charge in [-0.3, -0.25) is 9.59 Å². The molecule has 1 N–H and O–H groups in total. The molecule has 152 valence electrons. The van der Waals surface area contributed by atoms with E-state index in [1.54, 1.807) is 31.2 Å². The number of benzene rings is 2. The molecular formula is C19H15ClF3N3O3. The van der Waals surface area contributed by atoms with Crippen LogP contribution in [-0.2, 0) is 27.0 Å². The average molecular weight is 426 g/mol. The van der Waals surface area contributed by atoms with Gasteiger partial charge in [0.25, 0.3) is 5.91 Å². The molecule has 1 heterocycles. The first kappa shape index (κ1) is 20.7. The Morgan fingerprint density at radius 3 is 2.62 bits per heavy atom. The molecule has 29 heavy (non-hydrogen) atoms. The van der Waals surface area contributed by atoms with Gasteiger partial charge in [-0.25, -0.2) is 4.98 Å². The number of rotatable bonds is 5. The van der Waals surface area contributed by atoms with Crippen molar-refractivity contribution in [2.24, 2.45) is 0 Å². The van der Waals surface area contributed by atoms with Crippen LogP contribution in [0.25, 0.3) is 11.0 Å². The number of hydrogen-bond acceptors (Lipinski definition) is 4. The van der Waals surface area contributed by atoms with Crippen molar-refractivity contribution < 1.29 is 27.5 Å². The number of halogens is 4. The van der Waals surface area contributed by atoms with Crippen LogP contribution in [-0.4, -0.2) is 28.0 Å². The number of anilines is 1. The minimum atomic E-state index is -4.75. The standard InChI is InChI=1S/C19H15ClF3N3O3/c1-11-12(20)5-4-7-13(11)24-16(27)10-29-17(28)9-26-15-8-3-2-6-14(15)25-18(26)19(21,22)23/h2-8H,9-10H2,1H3,(H,24,27). The van der Waals surface area contributed by atoms with Crippen LogP contribution >= 0.6 is 11.6 Å². The van der Waals surface area contributed by atoms with Crippen molar-refractivity contribution in [3.05, 3.63) is 58.9 Å². The highest BCUT2D eigenvalue weighted by Crippen LogP contribution is 2.31. The maximum Gasteiger partial charge on any atom is 0.449 e. The SMILES string of the molecule is Cc1c(Cl)cccc1NC(=O)COC(=O)Cn1c(C(F)(F)F)nc2ccccc21. The molecule has 0 atom stereocenters. The zero-order valence-electron chi connectivity index (χ0n) is 15.1. The molecule has 3 aromatic rings. The van der Waals surface area contributed by atoms with Crippen molar-refractivity contribution in [1.82, 2.24) is 9.55 Å². The Labute approximate surface area is 168 Å². The second-order valence-electron chi connectivity index (χ2n) is 6.13. The van der Waals surface area contributed by atoms with Gasteiger partial charge in [0, 0.05) is 10.7 Å². The summed E-state index contributed by atoms with van der Waals surface area (Å²) in [6.45, 7) is 0.310. The number of amides is 1. The number of nitrogens with zero attached hydrogens (tertiary/aromatic N) is 2. The third-order valence-corrected chi connectivity index (χ3v) is 4.51. The highest BCUT2D eigenvalue weighted by molar-refractivity contribution is 6.31. The average Bonchev–Trinajstić information content (AvgIpc) is 3.03. The van der Waals surface area contributed by atoms with Crippen LogP contribution in [0.15, 0.2) is 42.5 Å². The second-order valence-corrected chi connectivity index (χ2v) is 6.54. The monoisotopic (exact) mass is 425 g/mol. The Kier molecular flexibility index (Phi) is 5.78. The van der Waals surface area contributed by atoms with Crippen LogP contribution in [0.5, 0.6) is 0 Å². The highest BCUT2D eigenvalue weighted by atomic mass is 35.5. The smallest absolute Gasteiger partial charge is 0.449 e. The van der Waals surface area contributed by atoms with Gasteiger partial charge in [-0.2, -0.15) is 13.2 Å². The molecule has 0 aliphatic heterocycles. The summed E-state index contributed by atoms with van der Waals surface area (Å²) >= 11 is 5.97. The molecular weight excluding hydrogens is 411 g/mol. The first-order valence-electron chi connectivity index (χ1n) is 8.40. The van der Waals surface area contributed by atoms with Crippen molar-refractivity contribution in [2.45, 2.75) is 19.6 Å². The lowest BCUT2D eigenvalue weighted by Crippen LogP contribution is -2.25. The molecule has 0 fully saturated rings. The number of esters is 1. The molecule has 1 amide bonds. The largest absolute Gasteiger partial charge is 0.454 e. The van der Waals surface area contributed by atoms with Gasteiger partial charge in [0.15, 0.2) is 6.61 Å². The van der Waals surface area contributed by atoms with Crippen LogP contribution in [0.4, 0.5) is 18.9 Å². The first-order chi connectivity index (χ1) is 13.7. The summed E-state index contributed by atoms with van der Waals surface area (Å²) in [6, 6.07) is 10.8. The summed E-state index contributed by atoms with van der Waals surface area (Å²) in [6.07, 6.45) is -4.75. The summed E-state index contributed by atoms with van der Waals surface area (Å²) in [7, 11) is 0. The molecule has 0 saturated carbocycles. The van der Waals surface area contributed by atoms with Crippen molar-refractivity contribution >= 4 is 40.2 Å². The Morgan fingerprint density at radius 1 is 1.17 bits per heavy atom. The number of imidazole rings is 1. The van der Waals surface area contributed by atoms with Gasteiger partial charge >= 0.3 is 12.1 Å². The van der Waals surface area contributed by atoms with E-state index in [9.17, 15) is 22.8 Å². The molecule has 3 rings (SSSR count). The van der Waals surface area contributed by atoms with Gasteiger partial charge in [-0.15, -0.1) is 0 Å². The zero-order chi connectivity index (χ0) is 21.2. The topological polar surface area (TPSA) is 73.2 Å². The van der Waals surface area contributed by atoms with E-state index in [-0.39, 0.29) is 11.0 Å². The van der Waals surface area contributed by atoms with Gasteiger partial charge in [-0.1, -0.05) is 29.8 Å². The summed E-state index contributed by atoms with van der Waals surface area (Å²) < 4.78 is 45.3. The molecule has 0 unspecified atom stereocenters. The molecule has 2 aromatic carbocycles. The van der Waals surface area contributed by atoms with Crippen LogP contribution in [0.3, 0.4) is 0 Å². The van der Waals surface area contributed by atoms with Crippen molar-refractivity contribution in [1.29, 1.82) is 0 Å². The van der Waals surface area contributed by atoms with E-state index >= 15 is 0 Å². The maximum absolute atomic E-state index is 13.3. The number of alkyl halides is 3. The van der Waals surface area contributed by atoms with Crippen LogP contribution in [0.1, 0.15) is 11.4 Å². The summed E-state index contributed by atoms with van der Waals surface area (Å²) in [5.41, 5.74) is 1.31. The van der Waals surface area contributed by atoms with Crippen molar-refractivity contribution in [2.75, 3.05) is 11.9 Å². The molecule has 0 saturated heterocycles. The Balaban J connectivity index is 1.68. The summed E-state index contributed by atoms with van der Waals surface area (Å²) in [4.78, 5) is 27.6. The third-order valence-electron chi connectivity index (χ3n) is 4.10. The lowest BCUT2D eigenvalue weighted by molar-refractivity contribution is -0.152. The number of ether oxygens (including phenoxy) is 1. The summed E-state index contributed by atoms with van der Waals surface area (Å²) in [5.74, 6) is -2.86. The molecule has 0 bridgehead atoms. The maximum atomic E-state index is 13.3. The number of carbonyl (C=O) groups excluding carboxylic acids is 2. The van der Waals surface area contributed by atoms with Crippen LogP contribution in [0, 0.1) is 6.92 Å². The number of aromatic nitrogens is 2. The summed E-state index contributed by atoms with van der Waals surface area (Å²) in [5, 5.41) is 2.98. The molecule has 0 aliphatic carbocycles. The van der Waals surface area contributed by atoms with E-state index in [0.717, 1.165) is 4.57 Å². The van der Waals surface area contributed by atoms with Crippen molar-refractivity contribution in [3.8, 4) is 0 Å². The first-order valence-corrected chi connectivity index (χ1v) is 8.77. The molecule has 0 aliphatic rings. The van der Waals surface area contributed by atoms with Gasteiger partial charge in [0.05, 0.1) is 11.0 Å². The van der Waals surface area contributed by atoms with E-state index in [0.29, 0.717) is 16.3 Å². The predicted molar refractivity (Wildman–Crippen MR) is 101 cm³/mol. The highest BCUT2D eigenvalue weighted by Gasteiger charge is 2.38. The van der Waals surface area contributed by atoms with E-state index in [1.165, 1.54) is 18.2 Å². The van der Waals surface area contributed by atoms with E-state index in [2.05, 4.69) is 10.3 Å². The molecule has 6 nitrogen and oxygen atoms in total. The number of fused-ring (bicyclic) bond motifs is 1. The molecule has 0 radical (unpaired) electrons. The van der Waals surface area contributed by atoms with Gasteiger partial charge in [-0.05, 0) is 36.8 Å². The lowest BCUT2D eigenvalue weighted by Gasteiger charge is -2.12. The second kappa shape index (κ2) is 8.12. The predicted octanol–water partition coefficient (Wildman–Crippen LogP) is 4.20. The fourth-order valence-corrected chi connectivity index (χ4v) is 2.88. The number of carbonyl (C=O) groups is 2. The van der Waals surface area contributed by atoms with Crippen LogP contribution in [0.2, 0.25) is 5.02 Å². The van der Waals surface area contributed by atoms with Gasteiger partial charge in [0.1, 0.15) is 6.54 Å². The Hall–Kier alpha value is -3.07. The minimum absolute atomic E-state index is 0.0989. The Bertz CT molecular complexity index is 1080. The fraction of sp³-hybridized carbons (Fsp3) is 0.211. The quantitative estimate of drug-likeness (QED) is 0.622. The Morgan fingerprint density at radius 2 is 1.90 bits per heavy atom. The normalized spacial score (nSPS) is 11.5. The lowest BCUT2D eigenvalue weighted by atomic mass is 10.2. The van der Waals surface area contributed by atoms with E-state index in [1.807, 2.05) is 0 Å². The van der Waals surface area contributed by atoms with Gasteiger partial charge in [0.2, 0.25) is 5.82 Å². The van der Waals surface area contributed by atoms with Gasteiger partial charge < -0.3 is 14.6 Å².